The second-order valence-electron chi connectivity index (χ2n) is 5.96. The minimum Gasteiger partial charge on any atom is -0.395 e. The van der Waals surface area contributed by atoms with E-state index in [1.54, 1.807) is 11.1 Å². The van der Waals surface area contributed by atoms with E-state index in [1.165, 1.54) is 22.5 Å². The lowest BCUT2D eigenvalue weighted by molar-refractivity contribution is -0.138. The van der Waals surface area contributed by atoms with E-state index < -0.39 is 0 Å². The maximum absolute atomic E-state index is 13.1. The molecule has 0 radical (unpaired) electrons. The van der Waals surface area contributed by atoms with E-state index in [2.05, 4.69) is 35.0 Å². The van der Waals surface area contributed by atoms with Gasteiger partial charge in [0.25, 0.3) is 0 Å². The molecule has 0 spiro atoms. The Hall–Kier alpha value is -1.76. The first-order valence-electron chi connectivity index (χ1n) is 8.31. The summed E-state index contributed by atoms with van der Waals surface area (Å²) in [5.41, 5.74) is 2.55. The number of hydrogen-bond acceptors (Lipinski definition) is 5. The minimum atomic E-state index is -0.170. The average Bonchev–Trinajstić information content (AvgIpc) is 3.12. The lowest BCUT2D eigenvalue weighted by Crippen LogP contribution is -2.51. The summed E-state index contributed by atoms with van der Waals surface area (Å²) in [5.74, 6) is 0.0793. The third kappa shape index (κ3) is 3.66. The van der Waals surface area contributed by atoms with Crippen molar-refractivity contribution in [2.45, 2.75) is 32.5 Å². The zero-order valence-corrected chi connectivity index (χ0v) is 14.7. The number of fused-ring (bicyclic) bond motifs is 1. The van der Waals surface area contributed by atoms with E-state index in [1.807, 2.05) is 11.4 Å². The molecule has 1 aromatic heterocycles. The number of aliphatic hydroxyl groups is 1. The quantitative estimate of drug-likeness (QED) is 0.869. The van der Waals surface area contributed by atoms with Crippen molar-refractivity contribution in [3.05, 3.63) is 52.0 Å². The molecular formula is C18H23N3O2S. The van der Waals surface area contributed by atoms with E-state index in [4.69, 9.17) is 0 Å². The lowest BCUT2D eigenvalue weighted by Gasteiger charge is -2.37. The lowest BCUT2D eigenvalue weighted by atomic mass is 9.93. The predicted octanol–water partition coefficient (Wildman–Crippen LogP) is 1.91. The minimum absolute atomic E-state index is 0.0352. The summed E-state index contributed by atoms with van der Waals surface area (Å²) < 4.78 is 0. The number of likely N-dealkylation sites (N-methyl/N-ethyl adjacent to an activating group) is 1. The Bertz CT molecular complexity index is 675. The van der Waals surface area contributed by atoms with Crippen molar-refractivity contribution in [2.75, 3.05) is 19.7 Å². The van der Waals surface area contributed by atoms with Crippen molar-refractivity contribution in [1.82, 2.24) is 14.8 Å². The number of aliphatic hydroxyl groups excluding tert-OH is 1. The molecular weight excluding hydrogens is 322 g/mol. The van der Waals surface area contributed by atoms with Crippen LogP contribution in [0.3, 0.4) is 0 Å². The van der Waals surface area contributed by atoms with Gasteiger partial charge in [0.1, 0.15) is 5.01 Å². The van der Waals surface area contributed by atoms with Crippen molar-refractivity contribution in [3.8, 4) is 0 Å². The summed E-state index contributed by atoms with van der Waals surface area (Å²) in [5, 5.41) is 12.2. The van der Waals surface area contributed by atoms with Gasteiger partial charge in [0.05, 0.1) is 19.2 Å². The molecule has 1 amide bonds. The number of nitrogens with zero attached hydrogens (tertiary/aromatic N) is 3. The first-order valence-corrected chi connectivity index (χ1v) is 9.19. The first kappa shape index (κ1) is 17.1. The predicted molar refractivity (Wildman–Crippen MR) is 94.6 cm³/mol. The van der Waals surface area contributed by atoms with Crippen LogP contribution in [0.5, 0.6) is 0 Å². The van der Waals surface area contributed by atoms with E-state index >= 15 is 0 Å². The molecule has 1 aliphatic rings. The molecule has 1 unspecified atom stereocenters. The molecule has 24 heavy (non-hydrogen) atoms. The maximum atomic E-state index is 13.1. The number of benzene rings is 1. The highest BCUT2D eigenvalue weighted by molar-refractivity contribution is 7.09. The van der Waals surface area contributed by atoms with Gasteiger partial charge >= 0.3 is 0 Å². The van der Waals surface area contributed by atoms with Crippen LogP contribution < -0.4 is 0 Å². The van der Waals surface area contributed by atoms with E-state index in [0.29, 0.717) is 13.1 Å². The summed E-state index contributed by atoms with van der Waals surface area (Å²) >= 11 is 1.54. The Labute approximate surface area is 146 Å². The summed E-state index contributed by atoms with van der Waals surface area (Å²) in [6.07, 6.45) is 2.47. The largest absolute Gasteiger partial charge is 0.395 e. The van der Waals surface area contributed by atoms with Crippen LogP contribution >= 0.6 is 11.3 Å². The smallest absolute Gasteiger partial charge is 0.240 e. The Morgan fingerprint density at radius 2 is 2.21 bits per heavy atom. The first-order chi connectivity index (χ1) is 11.7. The van der Waals surface area contributed by atoms with Crippen LogP contribution in [0, 0.1) is 0 Å². The number of thiazole rings is 1. The van der Waals surface area contributed by atoms with Gasteiger partial charge in [0.2, 0.25) is 5.91 Å². The fraction of sp³-hybridized carbons (Fsp3) is 0.444. The monoisotopic (exact) mass is 345 g/mol. The number of rotatable bonds is 6. The number of hydrogen-bond donors (Lipinski definition) is 1. The fourth-order valence-corrected chi connectivity index (χ4v) is 3.88. The van der Waals surface area contributed by atoms with Crippen molar-refractivity contribution in [3.63, 3.8) is 0 Å². The van der Waals surface area contributed by atoms with Gasteiger partial charge in [0.15, 0.2) is 0 Å². The van der Waals surface area contributed by atoms with Gasteiger partial charge in [0, 0.05) is 24.7 Å². The van der Waals surface area contributed by atoms with Crippen molar-refractivity contribution in [2.24, 2.45) is 0 Å². The van der Waals surface area contributed by atoms with Crippen LogP contribution in [0.25, 0.3) is 0 Å². The molecule has 1 N–H and O–H groups in total. The van der Waals surface area contributed by atoms with Gasteiger partial charge in [-0.25, -0.2) is 4.98 Å². The van der Waals surface area contributed by atoms with Crippen molar-refractivity contribution < 1.29 is 9.90 Å². The second kappa shape index (κ2) is 7.88. The highest BCUT2D eigenvalue weighted by atomic mass is 32.1. The summed E-state index contributed by atoms with van der Waals surface area (Å²) in [6.45, 7) is 4.49. The van der Waals surface area contributed by atoms with Gasteiger partial charge in [-0.15, -0.1) is 11.3 Å². The molecule has 2 aromatic rings. The Balaban J connectivity index is 1.80. The molecule has 0 saturated carbocycles. The SMILES string of the molecule is CCN1Cc2ccccc2CC1C(=O)N(CCO)Cc1nccs1. The van der Waals surface area contributed by atoms with Gasteiger partial charge in [-0.2, -0.15) is 0 Å². The third-order valence-electron chi connectivity index (χ3n) is 4.53. The number of carbonyl (C=O) groups excluding carboxylic acids is 1. The molecule has 6 heteroatoms. The Kier molecular flexibility index (Phi) is 5.60. The molecule has 0 aliphatic carbocycles. The Morgan fingerprint density at radius 1 is 1.42 bits per heavy atom. The Morgan fingerprint density at radius 3 is 2.88 bits per heavy atom. The maximum Gasteiger partial charge on any atom is 0.240 e. The van der Waals surface area contributed by atoms with Crippen LogP contribution in [-0.4, -0.2) is 51.5 Å². The zero-order valence-electron chi connectivity index (χ0n) is 13.9. The normalized spacial score (nSPS) is 17.5. The number of amides is 1. The molecule has 1 aliphatic heterocycles. The molecule has 0 fully saturated rings. The molecule has 5 nitrogen and oxygen atoms in total. The fourth-order valence-electron chi connectivity index (χ4n) is 3.25. The van der Waals surface area contributed by atoms with E-state index in [-0.39, 0.29) is 18.6 Å². The highest BCUT2D eigenvalue weighted by Crippen LogP contribution is 2.24. The molecule has 3 rings (SSSR count). The molecule has 2 heterocycles. The average molecular weight is 345 g/mol. The van der Waals surface area contributed by atoms with E-state index in [9.17, 15) is 9.90 Å². The molecule has 1 aromatic carbocycles. The number of carbonyl (C=O) groups is 1. The molecule has 1 atom stereocenters. The van der Waals surface area contributed by atoms with Gasteiger partial charge in [-0.3, -0.25) is 9.69 Å². The van der Waals surface area contributed by atoms with Gasteiger partial charge in [-0.1, -0.05) is 31.2 Å². The molecule has 0 saturated heterocycles. The summed E-state index contributed by atoms with van der Waals surface area (Å²) in [4.78, 5) is 21.4. The van der Waals surface area contributed by atoms with Crippen LogP contribution in [0.2, 0.25) is 0 Å². The van der Waals surface area contributed by atoms with Crippen LogP contribution in [0.4, 0.5) is 0 Å². The molecule has 128 valence electrons. The number of aromatic nitrogens is 1. The van der Waals surface area contributed by atoms with Gasteiger partial charge in [-0.05, 0) is 24.1 Å². The topological polar surface area (TPSA) is 56.7 Å². The van der Waals surface area contributed by atoms with E-state index in [0.717, 1.165) is 24.5 Å². The second-order valence-corrected chi connectivity index (χ2v) is 6.94. The third-order valence-corrected chi connectivity index (χ3v) is 5.29. The summed E-state index contributed by atoms with van der Waals surface area (Å²) in [7, 11) is 0. The van der Waals surface area contributed by atoms with Crippen LogP contribution in [-0.2, 0) is 24.3 Å². The van der Waals surface area contributed by atoms with Crippen molar-refractivity contribution >= 4 is 17.2 Å². The highest BCUT2D eigenvalue weighted by Gasteiger charge is 2.33. The zero-order chi connectivity index (χ0) is 16.9. The van der Waals surface area contributed by atoms with Gasteiger partial charge < -0.3 is 10.0 Å². The van der Waals surface area contributed by atoms with Crippen LogP contribution in [0.15, 0.2) is 35.8 Å². The van der Waals surface area contributed by atoms with Crippen molar-refractivity contribution in [1.29, 1.82) is 0 Å². The molecule has 0 bridgehead atoms. The van der Waals surface area contributed by atoms with Crippen LogP contribution in [0.1, 0.15) is 23.1 Å². The summed E-state index contributed by atoms with van der Waals surface area (Å²) in [6, 6.07) is 8.16. The standard InChI is InChI=1S/C18H23N3O2S/c1-2-20-12-15-6-4-3-5-14(15)11-16(20)18(23)21(8-9-22)13-17-19-7-10-24-17/h3-7,10,16,22H,2,8-9,11-13H2,1H3.